The average Bonchev–Trinajstić information content (AvgIpc) is 3.36. The third-order valence-corrected chi connectivity index (χ3v) is 6.89. The fraction of sp³-hybridized carbons (Fsp3) is 0.438. The molecular formula is C32H40N4O9. The highest BCUT2D eigenvalue weighted by Gasteiger charge is 2.32. The van der Waals surface area contributed by atoms with E-state index in [-0.39, 0.29) is 25.7 Å². The molecule has 0 aromatic heterocycles. The lowest BCUT2D eigenvalue weighted by molar-refractivity contribution is -0.160. The topological polar surface area (TPSA) is 178 Å². The van der Waals surface area contributed by atoms with Gasteiger partial charge in [0.2, 0.25) is 23.8 Å². The van der Waals surface area contributed by atoms with Crippen LogP contribution in [0.4, 0.5) is 4.79 Å². The van der Waals surface area contributed by atoms with Gasteiger partial charge in [0.1, 0.15) is 13.2 Å². The van der Waals surface area contributed by atoms with E-state index in [1.54, 1.807) is 0 Å². The number of unbranched alkanes of at least 4 members (excludes halogenated alkanes) is 2. The van der Waals surface area contributed by atoms with E-state index in [4.69, 9.17) is 14.2 Å². The smallest absolute Gasteiger partial charge is 0.407 e. The van der Waals surface area contributed by atoms with Gasteiger partial charge >= 0.3 is 18.0 Å². The van der Waals surface area contributed by atoms with Gasteiger partial charge in [-0.1, -0.05) is 75.2 Å². The van der Waals surface area contributed by atoms with Crippen molar-refractivity contribution in [1.29, 1.82) is 0 Å². The van der Waals surface area contributed by atoms with Gasteiger partial charge in [0.05, 0.1) is 26.3 Å². The van der Waals surface area contributed by atoms with E-state index >= 15 is 0 Å². The molecule has 13 nitrogen and oxygen atoms in total. The van der Waals surface area contributed by atoms with Crippen molar-refractivity contribution in [1.82, 2.24) is 21.3 Å². The van der Waals surface area contributed by atoms with Crippen LogP contribution in [-0.4, -0.2) is 81.3 Å². The SMILES string of the molecule is CCCCOC(=O)C(NC(=O)CNC(=O)CNC(=O)CNC(=O)OCC1c2ccccc2-c2ccccc21)C(=O)OCCCC. The zero-order valence-electron chi connectivity index (χ0n) is 25.5. The van der Waals surface area contributed by atoms with Gasteiger partial charge in [-0.15, -0.1) is 0 Å². The molecule has 1 aliphatic rings. The maximum Gasteiger partial charge on any atom is 0.407 e. The van der Waals surface area contributed by atoms with Gasteiger partial charge in [-0.3, -0.25) is 14.4 Å². The van der Waals surface area contributed by atoms with Crippen molar-refractivity contribution in [2.75, 3.05) is 39.5 Å². The number of benzene rings is 2. The number of esters is 2. The molecule has 0 saturated carbocycles. The average molecular weight is 625 g/mol. The lowest BCUT2D eigenvalue weighted by atomic mass is 9.98. The predicted octanol–water partition coefficient (Wildman–Crippen LogP) is 1.93. The number of nitrogens with one attached hydrogen (secondary N) is 4. The Labute approximate surface area is 261 Å². The molecule has 3 rings (SSSR count). The Balaban J connectivity index is 1.36. The molecule has 1 aliphatic carbocycles. The summed E-state index contributed by atoms with van der Waals surface area (Å²) in [4.78, 5) is 73.6. The van der Waals surface area contributed by atoms with Crippen LogP contribution in [0.3, 0.4) is 0 Å². The van der Waals surface area contributed by atoms with Gasteiger partial charge in [0.15, 0.2) is 0 Å². The van der Waals surface area contributed by atoms with Gasteiger partial charge in [0.25, 0.3) is 0 Å². The second-order valence-corrected chi connectivity index (χ2v) is 10.3. The lowest BCUT2D eigenvalue weighted by Crippen LogP contribution is -2.51. The minimum atomic E-state index is -1.67. The van der Waals surface area contributed by atoms with Gasteiger partial charge < -0.3 is 35.5 Å². The van der Waals surface area contributed by atoms with Crippen LogP contribution in [0.5, 0.6) is 0 Å². The van der Waals surface area contributed by atoms with Crippen LogP contribution in [0.25, 0.3) is 11.1 Å². The number of rotatable bonds is 17. The normalized spacial score (nSPS) is 11.5. The molecule has 2 aromatic carbocycles. The summed E-state index contributed by atoms with van der Waals surface area (Å²) in [6.45, 7) is 2.55. The van der Waals surface area contributed by atoms with Gasteiger partial charge in [0, 0.05) is 5.92 Å². The Hall–Kier alpha value is -4.94. The molecular weight excluding hydrogens is 584 g/mol. The number of carbonyl (C=O) groups is 6. The summed E-state index contributed by atoms with van der Waals surface area (Å²) in [5, 5.41) is 9.16. The highest BCUT2D eigenvalue weighted by atomic mass is 16.6. The van der Waals surface area contributed by atoms with Gasteiger partial charge in [-0.25, -0.2) is 14.4 Å². The Morgan fingerprint density at radius 2 is 1.11 bits per heavy atom. The fourth-order valence-corrected chi connectivity index (χ4v) is 4.51. The highest BCUT2D eigenvalue weighted by molar-refractivity contribution is 6.03. The molecule has 4 amide bonds. The fourth-order valence-electron chi connectivity index (χ4n) is 4.51. The minimum absolute atomic E-state index is 0.0799. The molecule has 2 aromatic rings. The molecule has 0 aliphatic heterocycles. The van der Waals surface area contributed by atoms with Crippen LogP contribution in [0.2, 0.25) is 0 Å². The molecule has 13 heteroatoms. The highest BCUT2D eigenvalue weighted by Crippen LogP contribution is 2.44. The minimum Gasteiger partial charge on any atom is -0.464 e. The largest absolute Gasteiger partial charge is 0.464 e. The molecule has 0 bridgehead atoms. The van der Waals surface area contributed by atoms with Crippen molar-refractivity contribution in [3.05, 3.63) is 59.7 Å². The van der Waals surface area contributed by atoms with E-state index in [2.05, 4.69) is 21.3 Å². The van der Waals surface area contributed by atoms with E-state index in [9.17, 15) is 28.8 Å². The molecule has 0 spiro atoms. The molecule has 45 heavy (non-hydrogen) atoms. The third kappa shape index (κ3) is 10.6. The van der Waals surface area contributed by atoms with Gasteiger partial charge in [-0.2, -0.15) is 0 Å². The summed E-state index contributed by atoms with van der Waals surface area (Å²) < 4.78 is 15.5. The van der Waals surface area contributed by atoms with E-state index in [1.807, 2.05) is 62.4 Å². The number of carbonyl (C=O) groups excluding carboxylic acids is 6. The summed E-state index contributed by atoms with van der Waals surface area (Å²) in [6.07, 6.45) is 1.91. The second-order valence-electron chi connectivity index (χ2n) is 10.3. The van der Waals surface area contributed by atoms with Crippen molar-refractivity contribution < 1.29 is 43.0 Å². The number of alkyl carbamates (subject to hydrolysis) is 1. The molecule has 242 valence electrons. The van der Waals surface area contributed by atoms with Crippen LogP contribution >= 0.6 is 0 Å². The number of fused-ring (bicyclic) bond motifs is 3. The quantitative estimate of drug-likeness (QED) is 0.0886. The Bertz CT molecular complexity index is 1300. The molecule has 0 atom stereocenters. The number of hydrogen-bond acceptors (Lipinski definition) is 9. The first kappa shape index (κ1) is 34.5. The Kier molecular flexibility index (Phi) is 13.8. The van der Waals surface area contributed by atoms with E-state index in [1.165, 1.54) is 0 Å². The van der Waals surface area contributed by atoms with E-state index < -0.39 is 61.4 Å². The number of hydrogen-bond donors (Lipinski definition) is 4. The van der Waals surface area contributed by atoms with E-state index in [0.717, 1.165) is 35.1 Å². The summed E-state index contributed by atoms with van der Waals surface area (Å²) in [5.41, 5.74) is 4.29. The first-order valence-electron chi connectivity index (χ1n) is 15.0. The van der Waals surface area contributed by atoms with Crippen molar-refractivity contribution >= 4 is 35.8 Å². The molecule has 0 radical (unpaired) electrons. The Morgan fingerprint density at radius 3 is 1.62 bits per heavy atom. The van der Waals surface area contributed by atoms with Crippen LogP contribution in [0.15, 0.2) is 48.5 Å². The maximum atomic E-state index is 12.3. The monoisotopic (exact) mass is 624 g/mol. The summed E-state index contributed by atoms with van der Waals surface area (Å²) in [5.74, 6) is -4.26. The van der Waals surface area contributed by atoms with E-state index in [0.29, 0.717) is 12.8 Å². The molecule has 4 N–H and O–H groups in total. The van der Waals surface area contributed by atoms with Crippen molar-refractivity contribution in [2.45, 2.75) is 51.5 Å². The van der Waals surface area contributed by atoms with Crippen LogP contribution < -0.4 is 21.3 Å². The zero-order valence-corrected chi connectivity index (χ0v) is 25.5. The van der Waals surface area contributed by atoms with Crippen LogP contribution in [0.1, 0.15) is 56.6 Å². The van der Waals surface area contributed by atoms with Crippen molar-refractivity contribution in [2.24, 2.45) is 0 Å². The predicted molar refractivity (Wildman–Crippen MR) is 163 cm³/mol. The third-order valence-electron chi connectivity index (χ3n) is 6.89. The van der Waals surface area contributed by atoms with Crippen molar-refractivity contribution in [3.8, 4) is 11.1 Å². The summed E-state index contributed by atoms with van der Waals surface area (Å²) >= 11 is 0. The van der Waals surface area contributed by atoms with Crippen LogP contribution in [-0.2, 0) is 38.2 Å². The molecule has 0 saturated heterocycles. The first-order chi connectivity index (χ1) is 21.7. The molecule has 0 fully saturated rings. The van der Waals surface area contributed by atoms with Crippen molar-refractivity contribution in [3.63, 3.8) is 0 Å². The summed E-state index contributed by atoms with van der Waals surface area (Å²) in [6, 6.07) is 14.1. The molecule has 0 heterocycles. The van der Waals surface area contributed by atoms with Crippen LogP contribution in [0, 0.1) is 0 Å². The maximum absolute atomic E-state index is 12.3. The zero-order chi connectivity index (χ0) is 32.6. The standard InChI is InChI=1S/C32H40N4O9/c1-3-5-15-43-30(40)29(31(41)44-16-6-4-2)36-28(39)19-34-26(37)17-33-27(38)18-35-32(42)45-20-25-23-13-9-7-11-21(23)22-12-8-10-14-24(22)25/h7-14,25,29H,3-6,15-20H2,1-2H3,(H,33,38)(H,34,37)(H,35,42)(H,36,39). The Morgan fingerprint density at radius 1 is 0.644 bits per heavy atom. The lowest BCUT2D eigenvalue weighted by Gasteiger charge is -2.17. The van der Waals surface area contributed by atoms with Gasteiger partial charge in [-0.05, 0) is 35.1 Å². The number of amides is 4. The first-order valence-corrected chi connectivity index (χ1v) is 15.0. The molecule has 0 unspecified atom stereocenters. The summed E-state index contributed by atoms with van der Waals surface area (Å²) in [7, 11) is 0. The second kappa shape index (κ2) is 18.0. The number of ether oxygens (including phenoxy) is 3.